The van der Waals surface area contributed by atoms with Crippen molar-refractivity contribution < 1.29 is 4.74 Å². The first-order chi connectivity index (χ1) is 7.25. The van der Waals surface area contributed by atoms with E-state index in [0.717, 1.165) is 29.5 Å². The van der Waals surface area contributed by atoms with E-state index in [2.05, 4.69) is 0 Å². The maximum Gasteiger partial charge on any atom is 0.122 e. The summed E-state index contributed by atoms with van der Waals surface area (Å²) in [6.45, 7) is 2.91. The first-order valence-electron chi connectivity index (χ1n) is 5.74. The van der Waals surface area contributed by atoms with E-state index < -0.39 is 0 Å². The third kappa shape index (κ3) is 2.65. The molecule has 1 aliphatic carbocycles. The van der Waals surface area contributed by atoms with Gasteiger partial charge in [0.2, 0.25) is 0 Å². The van der Waals surface area contributed by atoms with Gasteiger partial charge in [-0.15, -0.1) is 0 Å². The van der Waals surface area contributed by atoms with Gasteiger partial charge < -0.3 is 10.5 Å². The van der Waals surface area contributed by atoms with Crippen molar-refractivity contribution >= 4 is 5.69 Å². The Bertz CT molecular complexity index is 329. The lowest BCUT2D eigenvalue weighted by Crippen LogP contribution is -2.08. The molecule has 0 aliphatic heterocycles. The molecule has 2 rings (SSSR count). The van der Waals surface area contributed by atoms with Crippen LogP contribution >= 0.6 is 0 Å². The van der Waals surface area contributed by atoms with Crippen molar-refractivity contribution in [1.29, 1.82) is 0 Å². The van der Waals surface area contributed by atoms with Crippen LogP contribution in [0.4, 0.5) is 5.69 Å². The van der Waals surface area contributed by atoms with E-state index in [-0.39, 0.29) is 0 Å². The highest BCUT2D eigenvalue weighted by Crippen LogP contribution is 2.27. The second-order valence-corrected chi connectivity index (χ2v) is 4.49. The van der Waals surface area contributed by atoms with Crippen molar-refractivity contribution in [2.45, 2.75) is 32.6 Å². The van der Waals surface area contributed by atoms with Gasteiger partial charge in [-0.25, -0.2) is 0 Å². The van der Waals surface area contributed by atoms with E-state index in [1.54, 1.807) is 0 Å². The largest absolute Gasteiger partial charge is 0.493 e. The Balaban J connectivity index is 1.92. The molecule has 0 bridgehead atoms. The molecule has 2 N–H and O–H groups in total. The number of rotatable bonds is 3. The number of aryl methyl sites for hydroxylation is 1. The van der Waals surface area contributed by atoms with Crippen LogP contribution in [0.25, 0.3) is 0 Å². The molecule has 82 valence electrons. The van der Waals surface area contributed by atoms with Crippen LogP contribution in [0.15, 0.2) is 18.2 Å². The first kappa shape index (κ1) is 10.3. The van der Waals surface area contributed by atoms with E-state index in [1.165, 1.54) is 25.7 Å². The molecule has 0 aromatic heterocycles. The second kappa shape index (κ2) is 4.56. The van der Waals surface area contributed by atoms with E-state index in [1.807, 2.05) is 25.1 Å². The SMILES string of the molecule is Cc1cc(N)ccc1OCC1CCCC1. The molecule has 1 aromatic carbocycles. The van der Waals surface area contributed by atoms with Crippen LogP contribution in [0.3, 0.4) is 0 Å². The number of benzene rings is 1. The topological polar surface area (TPSA) is 35.2 Å². The zero-order valence-corrected chi connectivity index (χ0v) is 9.33. The number of nitrogen functional groups attached to an aromatic ring is 1. The third-order valence-electron chi connectivity index (χ3n) is 3.15. The van der Waals surface area contributed by atoms with Gasteiger partial charge in [-0.2, -0.15) is 0 Å². The van der Waals surface area contributed by atoms with Gasteiger partial charge >= 0.3 is 0 Å². The number of hydrogen-bond donors (Lipinski definition) is 1. The van der Waals surface area contributed by atoms with Gasteiger partial charge in [0.15, 0.2) is 0 Å². The molecule has 0 heterocycles. The van der Waals surface area contributed by atoms with Gasteiger partial charge in [0, 0.05) is 5.69 Å². The summed E-state index contributed by atoms with van der Waals surface area (Å²) in [7, 11) is 0. The van der Waals surface area contributed by atoms with Crippen molar-refractivity contribution in [3.05, 3.63) is 23.8 Å². The van der Waals surface area contributed by atoms with Gasteiger partial charge in [-0.1, -0.05) is 12.8 Å². The predicted molar refractivity (Wildman–Crippen MR) is 63.0 cm³/mol. The minimum atomic E-state index is 0.766. The van der Waals surface area contributed by atoms with Crippen LogP contribution < -0.4 is 10.5 Å². The minimum absolute atomic E-state index is 0.766. The molecule has 1 aliphatic rings. The van der Waals surface area contributed by atoms with E-state index in [9.17, 15) is 0 Å². The number of hydrogen-bond acceptors (Lipinski definition) is 2. The Hall–Kier alpha value is -1.18. The lowest BCUT2D eigenvalue weighted by atomic mass is 10.1. The molecule has 2 nitrogen and oxygen atoms in total. The third-order valence-corrected chi connectivity index (χ3v) is 3.15. The van der Waals surface area contributed by atoms with Crippen LogP contribution in [0, 0.1) is 12.8 Å². The van der Waals surface area contributed by atoms with Gasteiger partial charge in [-0.05, 0) is 49.4 Å². The van der Waals surface area contributed by atoms with Crippen molar-refractivity contribution in [1.82, 2.24) is 0 Å². The van der Waals surface area contributed by atoms with Crippen LogP contribution in [0.1, 0.15) is 31.2 Å². The molecule has 0 spiro atoms. The lowest BCUT2D eigenvalue weighted by Gasteiger charge is -2.13. The average molecular weight is 205 g/mol. The Labute approximate surface area is 91.4 Å². The number of ether oxygens (including phenoxy) is 1. The second-order valence-electron chi connectivity index (χ2n) is 4.49. The zero-order valence-electron chi connectivity index (χ0n) is 9.33. The molecule has 0 atom stereocenters. The molecule has 1 aromatic rings. The van der Waals surface area contributed by atoms with Crippen LogP contribution in [0.2, 0.25) is 0 Å². The predicted octanol–water partition coefficient (Wildman–Crippen LogP) is 3.15. The van der Waals surface area contributed by atoms with Crippen molar-refractivity contribution in [3.8, 4) is 5.75 Å². The Morgan fingerprint density at radius 2 is 2.07 bits per heavy atom. The van der Waals surface area contributed by atoms with E-state index in [4.69, 9.17) is 10.5 Å². The van der Waals surface area contributed by atoms with Gasteiger partial charge in [0.25, 0.3) is 0 Å². The zero-order chi connectivity index (χ0) is 10.7. The van der Waals surface area contributed by atoms with E-state index >= 15 is 0 Å². The standard InChI is InChI=1S/C13H19NO/c1-10-8-12(14)6-7-13(10)15-9-11-4-2-3-5-11/h6-8,11H,2-5,9,14H2,1H3. The molecule has 0 unspecified atom stereocenters. The number of nitrogens with two attached hydrogens (primary N) is 1. The smallest absolute Gasteiger partial charge is 0.122 e. The fourth-order valence-corrected chi connectivity index (χ4v) is 2.22. The van der Waals surface area contributed by atoms with Crippen molar-refractivity contribution in [2.75, 3.05) is 12.3 Å². The molecule has 1 saturated carbocycles. The minimum Gasteiger partial charge on any atom is -0.493 e. The molecular weight excluding hydrogens is 186 g/mol. The Morgan fingerprint density at radius 1 is 1.33 bits per heavy atom. The summed E-state index contributed by atoms with van der Waals surface area (Å²) in [6.07, 6.45) is 5.39. The molecular formula is C13H19NO. The van der Waals surface area contributed by atoms with Crippen LogP contribution in [-0.2, 0) is 0 Å². The Kier molecular flexibility index (Phi) is 3.14. The lowest BCUT2D eigenvalue weighted by molar-refractivity contribution is 0.251. The molecule has 15 heavy (non-hydrogen) atoms. The van der Waals surface area contributed by atoms with Crippen molar-refractivity contribution in [2.24, 2.45) is 5.92 Å². The normalized spacial score (nSPS) is 16.9. The average Bonchev–Trinajstić information content (AvgIpc) is 2.69. The summed E-state index contributed by atoms with van der Waals surface area (Å²) in [6, 6.07) is 5.83. The molecule has 0 amide bonds. The van der Waals surface area contributed by atoms with Gasteiger partial charge in [-0.3, -0.25) is 0 Å². The van der Waals surface area contributed by atoms with E-state index in [0.29, 0.717) is 0 Å². The summed E-state index contributed by atoms with van der Waals surface area (Å²) in [5.74, 6) is 1.75. The summed E-state index contributed by atoms with van der Waals surface area (Å²) >= 11 is 0. The van der Waals surface area contributed by atoms with Crippen LogP contribution in [0.5, 0.6) is 5.75 Å². The summed E-state index contributed by atoms with van der Waals surface area (Å²) < 4.78 is 5.82. The Morgan fingerprint density at radius 3 is 2.73 bits per heavy atom. The number of anilines is 1. The van der Waals surface area contributed by atoms with Gasteiger partial charge in [0.05, 0.1) is 6.61 Å². The molecule has 0 saturated heterocycles. The highest BCUT2D eigenvalue weighted by Gasteiger charge is 2.15. The maximum absolute atomic E-state index is 5.82. The summed E-state index contributed by atoms with van der Waals surface area (Å²) in [4.78, 5) is 0. The summed E-state index contributed by atoms with van der Waals surface area (Å²) in [5.41, 5.74) is 7.63. The summed E-state index contributed by atoms with van der Waals surface area (Å²) in [5, 5.41) is 0. The quantitative estimate of drug-likeness (QED) is 0.769. The first-order valence-corrected chi connectivity index (χ1v) is 5.74. The molecule has 0 radical (unpaired) electrons. The molecule has 2 heteroatoms. The highest BCUT2D eigenvalue weighted by molar-refractivity contribution is 5.47. The van der Waals surface area contributed by atoms with Crippen molar-refractivity contribution in [3.63, 3.8) is 0 Å². The van der Waals surface area contributed by atoms with Gasteiger partial charge in [0.1, 0.15) is 5.75 Å². The fourth-order valence-electron chi connectivity index (χ4n) is 2.22. The maximum atomic E-state index is 5.82. The fraction of sp³-hybridized carbons (Fsp3) is 0.538. The van der Waals surface area contributed by atoms with Crippen LogP contribution in [-0.4, -0.2) is 6.61 Å². The molecule has 1 fully saturated rings. The highest BCUT2D eigenvalue weighted by atomic mass is 16.5. The monoisotopic (exact) mass is 205 g/mol.